The number of rotatable bonds is 6. The molecule has 0 saturated carbocycles. The predicted molar refractivity (Wildman–Crippen MR) is 108 cm³/mol. The SMILES string of the molecule is CC(=O)OCC1OC(N(C(C)=O)c2nc(Cl)c3cc[nH]c3n2)C(OC(C)=O)C1OC(C)=O. The van der Waals surface area contributed by atoms with E-state index in [-0.39, 0.29) is 17.7 Å². The maximum atomic E-state index is 12.6. The first kappa shape index (κ1) is 23.4. The van der Waals surface area contributed by atoms with Crippen LogP contribution in [0.5, 0.6) is 0 Å². The third-order valence-corrected chi connectivity index (χ3v) is 4.80. The Morgan fingerprint density at radius 1 is 1.06 bits per heavy atom. The largest absolute Gasteiger partial charge is 0.463 e. The lowest BCUT2D eigenvalue weighted by Gasteiger charge is -2.29. The standard InChI is InChI=1S/C19H21ClN4O8/c1-8(25)24(19-22-16(20)12-5-6-21-17(12)23-19)18-15(31-11(4)28)14(30-10(3)27)13(32-18)7-29-9(2)26/h5-6,13-15,18H,7H2,1-4H3,(H,21,22,23). The number of carbonyl (C=O) groups is 4. The highest BCUT2D eigenvalue weighted by molar-refractivity contribution is 6.34. The summed E-state index contributed by atoms with van der Waals surface area (Å²) in [6, 6.07) is 1.67. The van der Waals surface area contributed by atoms with Crippen LogP contribution in [-0.2, 0) is 38.1 Å². The van der Waals surface area contributed by atoms with Crippen LogP contribution in [-0.4, -0.2) is 69.9 Å². The van der Waals surface area contributed by atoms with E-state index in [9.17, 15) is 19.2 Å². The van der Waals surface area contributed by atoms with Crippen LogP contribution in [0.25, 0.3) is 11.0 Å². The number of aromatic amines is 1. The second-order valence-electron chi connectivity index (χ2n) is 6.96. The Morgan fingerprint density at radius 3 is 2.31 bits per heavy atom. The molecule has 4 unspecified atom stereocenters. The highest BCUT2D eigenvalue weighted by Gasteiger charge is 2.53. The van der Waals surface area contributed by atoms with Crippen LogP contribution < -0.4 is 4.90 Å². The monoisotopic (exact) mass is 468 g/mol. The molecule has 12 nitrogen and oxygen atoms in total. The molecule has 4 atom stereocenters. The minimum absolute atomic E-state index is 0.0764. The first-order chi connectivity index (χ1) is 15.1. The number of fused-ring (bicyclic) bond motifs is 1. The Hall–Kier alpha value is -3.25. The Morgan fingerprint density at radius 2 is 1.72 bits per heavy atom. The van der Waals surface area contributed by atoms with Crippen LogP contribution in [0, 0.1) is 0 Å². The molecule has 1 saturated heterocycles. The van der Waals surface area contributed by atoms with Crippen molar-refractivity contribution in [1.29, 1.82) is 0 Å². The second-order valence-corrected chi connectivity index (χ2v) is 7.32. The third-order valence-electron chi connectivity index (χ3n) is 4.51. The Balaban J connectivity index is 2.05. The molecule has 3 heterocycles. The fourth-order valence-electron chi connectivity index (χ4n) is 3.33. The smallest absolute Gasteiger partial charge is 0.303 e. The molecule has 13 heteroatoms. The summed E-state index contributed by atoms with van der Waals surface area (Å²) in [6.07, 6.45) is -3.17. The van der Waals surface area contributed by atoms with E-state index in [0.717, 1.165) is 18.7 Å². The molecule has 1 fully saturated rings. The molecule has 1 N–H and O–H groups in total. The summed E-state index contributed by atoms with van der Waals surface area (Å²) in [4.78, 5) is 59.8. The summed E-state index contributed by atoms with van der Waals surface area (Å²) in [5.74, 6) is -2.70. The van der Waals surface area contributed by atoms with Crippen molar-refractivity contribution in [3.05, 3.63) is 17.4 Å². The van der Waals surface area contributed by atoms with E-state index < -0.39 is 48.4 Å². The van der Waals surface area contributed by atoms with Crippen LogP contribution >= 0.6 is 11.6 Å². The van der Waals surface area contributed by atoms with Crippen LogP contribution in [0.2, 0.25) is 5.15 Å². The maximum Gasteiger partial charge on any atom is 0.303 e. The van der Waals surface area contributed by atoms with Gasteiger partial charge in [0, 0.05) is 33.9 Å². The van der Waals surface area contributed by atoms with E-state index in [0.29, 0.717) is 11.0 Å². The molecule has 0 aromatic carbocycles. The van der Waals surface area contributed by atoms with E-state index in [1.165, 1.54) is 13.8 Å². The molecule has 2 aromatic rings. The number of ether oxygens (including phenoxy) is 4. The Kier molecular flexibility index (Phi) is 6.94. The molecular weight excluding hydrogens is 448 g/mol. The number of carbonyl (C=O) groups excluding carboxylic acids is 4. The summed E-state index contributed by atoms with van der Waals surface area (Å²) in [5.41, 5.74) is 0.362. The van der Waals surface area contributed by atoms with E-state index in [2.05, 4.69) is 15.0 Å². The van der Waals surface area contributed by atoms with Gasteiger partial charge in [-0.1, -0.05) is 11.6 Å². The molecule has 1 aliphatic rings. The number of hydrogen-bond acceptors (Lipinski definition) is 10. The maximum absolute atomic E-state index is 12.6. The number of esters is 3. The molecule has 2 aromatic heterocycles. The molecule has 172 valence electrons. The predicted octanol–water partition coefficient (Wildman–Crippen LogP) is 1.12. The molecule has 1 aliphatic heterocycles. The van der Waals surface area contributed by atoms with Crippen LogP contribution in [0.1, 0.15) is 27.7 Å². The van der Waals surface area contributed by atoms with Gasteiger partial charge in [-0.15, -0.1) is 0 Å². The molecular formula is C19H21ClN4O8. The average Bonchev–Trinajstić information content (AvgIpc) is 3.26. The summed E-state index contributed by atoms with van der Waals surface area (Å²) < 4.78 is 21.5. The summed E-state index contributed by atoms with van der Waals surface area (Å²) in [5, 5.41) is 0.612. The molecule has 3 rings (SSSR count). The van der Waals surface area contributed by atoms with Gasteiger partial charge in [-0.05, 0) is 6.07 Å². The normalized spacial score (nSPS) is 22.4. The summed E-state index contributed by atoms with van der Waals surface area (Å²) in [7, 11) is 0. The highest BCUT2D eigenvalue weighted by Crippen LogP contribution is 2.33. The molecule has 1 amide bonds. The van der Waals surface area contributed by atoms with Gasteiger partial charge in [0.25, 0.3) is 0 Å². The zero-order valence-electron chi connectivity index (χ0n) is 17.7. The van der Waals surface area contributed by atoms with Gasteiger partial charge in [0.2, 0.25) is 11.9 Å². The van der Waals surface area contributed by atoms with E-state index in [4.69, 9.17) is 30.5 Å². The molecule has 0 spiro atoms. The highest BCUT2D eigenvalue weighted by atomic mass is 35.5. The van der Waals surface area contributed by atoms with Gasteiger partial charge in [-0.2, -0.15) is 9.97 Å². The lowest BCUT2D eigenvalue weighted by molar-refractivity contribution is -0.165. The van der Waals surface area contributed by atoms with Gasteiger partial charge in [0.1, 0.15) is 23.5 Å². The van der Waals surface area contributed by atoms with Crippen LogP contribution in [0.4, 0.5) is 5.95 Å². The molecule has 32 heavy (non-hydrogen) atoms. The first-order valence-electron chi connectivity index (χ1n) is 9.52. The van der Waals surface area contributed by atoms with E-state index >= 15 is 0 Å². The number of nitrogens with one attached hydrogen (secondary N) is 1. The number of aromatic nitrogens is 3. The quantitative estimate of drug-likeness (QED) is 0.371. The van der Waals surface area contributed by atoms with E-state index in [1.807, 2.05) is 0 Å². The summed E-state index contributed by atoms with van der Waals surface area (Å²) in [6.45, 7) is 4.42. The van der Waals surface area contributed by atoms with Crippen LogP contribution in [0.15, 0.2) is 12.3 Å². The van der Waals surface area contributed by atoms with Gasteiger partial charge < -0.3 is 23.9 Å². The fraction of sp³-hybridized carbons (Fsp3) is 0.474. The van der Waals surface area contributed by atoms with Crippen molar-refractivity contribution in [1.82, 2.24) is 15.0 Å². The topological polar surface area (TPSA) is 150 Å². The van der Waals surface area contributed by atoms with Crippen molar-refractivity contribution in [2.75, 3.05) is 11.5 Å². The zero-order valence-corrected chi connectivity index (χ0v) is 18.4. The fourth-order valence-corrected chi connectivity index (χ4v) is 3.56. The number of nitrogens with zero attached hydrogens (tertiary/aromatic N) is 3. The Labute approximate surface area is 187 Å². The van der Waals surface area contributed by atoms with Gasteiger partial charge in [-0.3, -0.25) is 19.2 Å². The van der Waals surface area contributed by atoms with Gasteiger partial charge in [0.15, 0.2) is 18.4 Å². The molecule has 0 aliphatic carbocycles. The minimum atomic E-state index is -1.30. The first-order valence-corrected chi connectivity index (χ1v) is 9.90. The second kappa shape index (κ2) is 9.49. The van der Waals surface area contributed by atoms with Crippen molar-refractivity contribution in [2.45, 2.75) is 52.2 Å². The van der Waals surface area contributed by atoms with E-state index in [1.54, 1.807) is 12.3 Å². The van der Waals surface area contributed by atoms with Crippen molar-refractivity contribution in [3.8, 4) is 0 Å². The summed E-state index contributed by atoms with van der Waals surface area (Å²) >= 11 is 6.23. The van der Waals surface area contributed by atoms with Crippen LogP contribution in [0.3, 0.4) is 0 Å². The van der Waals surface area contributed by atoms with Crippen molar-refractivity contribution in [2.24, 2.45) is 0 Å². The minimum Gasteiger partial charge on any atom is -0.463 e. The number of H-pyrrole nitrogens is 1. The molecule has 0 radical (unpaired) electrons. The molecule has 0 bridgehead atoms. The van der Waals surface area contributed by atoms with Gasteiger partial charge >= 0.3 is 17.9 Å². The number of anilines is 1. The zero-order chi connectivity index (χ0) is 23.6. The number of amides is 1. The number of hydrogen-bond donors (Lipinski definition) is 1. The lowest BCUT2D eigenvalue weighted by Crippen LogP contribution is -2.50. The average molecular weight is 469 g/mol. The lowest BCUT2D eigenvalue weighted by atomic mass is 10.1. The third kappa shape index (κ3) is 4.97. The van der Waals surface area contributed by atoms with Crippen molar-refractivity contribution in [3.63, 3.8) is 0 Å². The van der Waals surface area contributed by atoms with Gasteiger partial charge in [0.05, 0.1) is 5.39 Å². The van der Waals surface area contributed by atoms with Crippen molar-refractivity contribution < 1.29 is 38.1 Å². The van der Waals surface area contributed by atoms with Gasteiger partial charge in [-0.25, -0.2) is 4.90 Å². The Bertz CT molecular complexity index is 1060. The van der Waals surface area contributed by atoms with Crippen molar-refractivity contribution >= 4 is 52.4 Å². The number of halogens is 1.